The molecule has 2 aliphatic heterocycles. The maximum absolute atomic E-state index is 4.44. The first-order valence-corrected chi connectivity index (χ1v) is 10.2. The van der Waals surface area contributed by atoms with Gasteiger partial charge in [0, 0.05) is 50.5 Å². The molecule has 1 aromatic rings. The Balaban J connectivity index is 1.45. The first kappa shape index (κ1) is 19.0. The standard InChI is InChI=1S/C21H35N5/c1-17-9-7-8-13-26(17)18(2)15-23-21(22-3)24-19-12-14-25(16-19)20-10-5-4-6-11-20/h4-6,10-11,17-19H,7-9,12-16H2,1-3H3,(H2,22,23,24). The van der Waals surface area contributed by atoms with Crippen LogP contribution in [0.1, 0.15) is 39.5 Å². The lowest BCUT2D eigenvalue weighted by atomic mass is 10.0. The van der Waals surface area contributed by atoms with Crippen LogP contribution in [0, 0.1) is 0 Å². The Morgan fingerprint density at radius 3 is 2.73 bits per heavy atom. The molecule has 3 atom stereocenters. The van der Waals surface area contributed by atoms with Crippen LogP contribution >= 0.6 is 0 Å². The van der Waals surface area contributed by atoms with E-state index in [1.54, 1.807) is 0 Å². The molecule has 144 valence electrons. The SMILES string of the molecule is CN=C(NCC(C)N1CCCCC1C)NC1CCN(c2ccccc2)C1. The van der Waals surface area contributed by atoms with E-state index in [4.69, 9.17) is 0 Å². The van der Waals surface area contributed by atoms with E-state index >= 15 is 0 Å². The van der Waals surface area contributed by atoms with Crippen LogP contribution in [0.25, 0.3) is 0 Å². The van der Waals surface area contributed by atoms with Crippen LogP contribution in [0.3, 0.4) is 0 Å². The molecular weight excluding hydrogens is 322 g/mol. The van der Waals surface area contributed by atoms with E-state index in [1.807, 2.05) is 7.05 Å². The zero-order valence-corrected chi connectivity index (χ0v) is 16.6. The Hall–Kier alpha value is -1.75. The van der Waals surface area contributed by atoms with Crippen molar-refractivity contribution < 1.29 is 0 Å². The topological polar surface area (TPSA) is 42.9 Å². The van der Waals surface area contributed by atoms with Gasteiger partial charge in [0.1, 0.15) is 0 Å². The Bertz CT molecular complexity index is 573. The smallest absolute Gasteiger partial charge is 0.191 e. The van der Waals surface area contributed by atoms with E-state index in [9.17, 15) is 0 Å². The Morgan fingerprint density at radius 1 is 1.19 bits per heavy atom. The fourth-order valence-corrected chi connectivity index (χ4v) is 4.28. The number of nitrogens with zero attached hydrogens (tertiary/aromatic N) is 3. The van der Waals surface area contributed by atoms with Crippen LogP contribution in [0.15, 0.2) is 35.3 Å². The van der Waals surface area contributed by atoms with Crippen LogP contribution < -0.4 is 15.5 Å². The summed E-state index contributed by atoms with van der Waals surface area (Å²) in [4.78, 5) is 9.53. The molecule has 0 aromatic heterocycles. The fourth-order valence-electron chi connectivity index (χ4n) is 4.28. The van der Waals surface area contributed by atoms with Gasteiger partial charge in [0.2, 0.25) is 0 Å². The minimum atomic E-state index is 0.450. The van der Waals surface area contributed by atoms with Gasteiger partial charge in [-0.2, -0.15) is 0 Å². The molecule has 0 spiro atoms. The number of anilines is 1. The zero-order chi connectivity index (χ0) is 18.4. The van der Waals surface area contributed by atoms with Crippen molar-refractivity contribution in [3.63, 3.8) is 0 Å². The predicted molar refractivity (Wildman–Crippen MR) is 111 cm³/mol. The summed E-state index contributed by atoms with van der Waals surface area (Å²) >= 11 is 0. The third kappa shape index (κ3) is 4.91. The third-order valence-electron chi connectivity index (χ3n) is 5.86. The number of para-hydroxylation sites is 1. The molecule has 1 aromatic carbocycles. The van der Waals surface area contributed by atoms with Gasteiger partial charge >= 0.3 is 0 Å². The van der Waals surface area contributed by atoms with Gasteiger partial charge in [-0.05, 0) is 51.8 Å². The van der Waals surface area contributed by atoms with E-state index < -0.39 is 0 Å². The molecule has 5 heteroatoms. The van der Waals surface area contributed by atoms with Crippen molar-refractivity contribution >= 4 is 11.6 Å². The molecule has 3 rings (SSSR count). The molecule has 2 heterocycles. The second-order valence-electron chi connectivity index (χ2n) is 7.80. The Kier molecular flexibility index (Phi) is 6.78. The summed E-state index contributed by atoms with van der Waals surface area (Å²) in [5, 5.41) is 7.16. The van der Waals surface area contributed by atoms with E-state index in [0.29, 0.717) is 18.1 Å². The molecule has 5 nitrogen and oxygen atoms in total. The van der Waals surface area contributed by atoms with Gasteiger partial charge in [-0.15, -0.1) is 0 Å². The first-order chi connectivity index (χ1) is 12.7. The van der Waals surface area contributed by atoms with E-state index in [2.05, 4.69) is 69.6 Å². The summed E-state index contributed by atoms with van der Waals surface area (Å²) in [6.07, 6.45) is 5.18. The van der Waals surface area contributed by atoms with Crippen LogP contribution in [0.5, 0.6) is 0 Å². The van der Waals surface area contributed by atoms with Gasteiger partial charge in [-0.25, -0.2) is 0 Å². The largest absolute Gasteiger partial charge is 0.369 e. The van der Waals surface area contributed by atoms with Crippen LogP contribution in [0.4, 0.5) is 5.69 Å². The lowest BCUT2D eigenvalue weighted by Crippen LogP contribution is -2.51. The molecule has 3 unspecified atom stereocenters. The summed E-state index contributed by atoms with van der Waals surface area (Å²) in [6.45, 7) is 8.99. The van der Waals surface area contributed by atoms with Crippen molar-refractivity contribution in [3.8, 4) is 0 Å². The number of piperidine rings is 1. The van der Waals surface area contributed by atoms with E-state index in [0.717, 1.165) is 32.0 Å². The lowest BCUT2D eigenvalue weighted by molar-refractivity contribution is 0.115. The second kappa shape index (κ2) is 9.26. The molecule has 0 bridgehead atoms. The van der Waals surface area contributed by atoms with Gasteiger partial charge in [0.05, 0.1) is 0 Å². The van der Waals surface area contributed by atoms with Crippen molar-refractivity contribution in [2.45, 2.75) is 57.7 Å². The number of nitrogens with one attached hydrogen (secondary N) is 2. The Labute approximate surface area is 158 Å². The van der Waals surface area contributed by atoms with Crippen molar-refractivity contribution in [2.24, 2.45) is 4.99 Å². The summed E-state index contributed by atoms with van der Waals surface area (Å²) < 4.78 is 0. The first-order valence-electron chi connectivity index (χ1n) is 10.2. The molecular formula is C21H35N5. The van der Waals surface area contributed by atoms with Gasteiger partial charge < -0.3 is 15.5 Å². The van der Waals surface area contributed by atoms with E-state index in [1.165, 1.54) is 31.5 Å². The average Bonchev–Trinajstić information content (AvgIpc) is 3.14. The highest BCUT2D eigenvalue weighted by molar-refractivity contribution is 5.80. The maximum Gasteiger partial charge on any atom is 0.191 e. The van der Waals surface area contributed by atoms with Crippen LogP contribution in [-0.2, 0) is 0 Å². The normalized spacial score (nSPS) is 26.0. The quantitative estimate of drug-likeness (QED) is 0.628. The molecule has 2 fully saturated rings. The maximum atomic E-state index is 4.44. The number of likely N-dealkylation sites (tertiary alicyclic amines) is 1. The van der Waals surface area contributed by atoms with Crippen molar-refractivity contribution in [1.82, 2.24) is 15.5 Å². The van der Waals surface area contributed by atoms with Crippen molar-refractivity contribution in [2.75, 3.05) is 38.1 Å². The summed E-state index contributed by atoms with van der Waals surface area (Å²) in [5.74, 6) is 0.932. The van der Waals surface area contributed by atoms with Gasteiger partial charge in [0.25, 0.3) is 0 Å². The number of benzene rings is 1. The van der Waals surface area contributed by atoms with Gasteiger partial charge in [-0.3, -0.25) is 9.89 Å². The summed E-state index contributed by atoms with van der Waals surface area (Å²) in [7, 11) is 1.87. The minimum absolute atomic E-state index is 0.450. The highest BCUT2D eigenvalue weighted by atomic mass is 15.3. The van der Waals surface area contributed by atoms with Gasteiger partial charge in [-0.1, -0.05) is 24.6 Å². The van der Waals surface area contributed by atoms with Crippen molar-refractivity contribution in [3.05, 3.63) is 30.3 Å². The predicted octanol–water partition coefficient (Wildman–Crippen LogP) is 2.69. The van der Waals surface area contributed by atoms with Crippen molar-refractivity contribution in [1.29, 1.82) is 0 Å². The molecule has 2 saturated heterocycles. The summed E-state index contributed by atoms with van der Waals surface area (Å²) in [6, 6.07) is 12.4. The number of rotatable bonds is 5. The highest BCUT2D eigenvalue weighted by Crippen LogP contribution is 2.20. The van der Waals surface area contributed by atoms with E-state index in [-0.39, 0.29) is 0 Å². The Morgan fingerprint density at radius 2 is 2.00 bits per heavy atom. The molecule has 2 aliphatic rings. The lowest BCUT2D eigenvalue weighted by Gasteiger charge is -2.38. The highest BCUT2D eigenvalue weighted by Gasteiger charge is 2.25. The average molecular weight is 358 g/mol. The minimum Gasteiger partial charge on any atom is -0.369 e. The zero-order valence-electron chi connectivity index (χ0n) is 16.6. The molecule has 26 heavy (non-hydrogen) atoms. The second-order valence-corrected chi connectivity index (χ2v) is 7.80. The molecule has 0 amide bonds. The number of guanidine groups is 1. The monoisotopic (exact) mass is 357 g/mol. The summed E-state index contributed by atoms with van der Waals surface area (Å²) in [5.41, 5.74) is 1.31. The molecule has 0 radical (unpaired) electrons. The van der Waals surface area contributed by atoms with Crippen LogP contribution in [0.2, 0.25) is 0 Å². The molecule has 0 saturated carbocycles. The van der Waals surface area contributed by atoms with Crippen LogP contribution in [-0.4, -0.2) is 62.2 Å². The molecule has 2 N–H and O–H groups in total. The molecule has 0 aliphatic carbocycles. The number of hydrogen-bond acceptors (Lipinski definition) is 3. The number of aliphatic imine (C=N–C) groups is 1. The number of hydrogen-bond donors (Lipinski definition) is 2. The van der Waals surface area contributed by atoms with Gasteiger partial charge in [0.15, 0.2) is 5.96 Å². The third-order valence-corrected chi connectivity index (χ3v) is 5.86. The fraction of sp³-hybridized carbons (Fsp3) is 0.667.